The van der Waals surface area contributed by atoms with Crippen molar-refractivity contribution in [1.82, 2.24) is 0 Å². The molecule has 1 fully saturated rings. The summed E-state index contributed by atoms with van der Waals surface area (Å²) in [5.74, 6) is 2.51. The van der Waals surface area contributed by atoms with Gasteiger partial charge in [-0.15, -0.1) is 0 Å². The fourth-order valence-corrected chi connectivity index (χ4v) is 2.64. The van der Waals surface area contributed by atoms with Gasteiger partial charge in [0.15, 0.2) is 11.5 Å². The maximum Gasteiger partial charge on any atom is 0.166 e. The molecule has 0 saturated heterocycles. The molecule has 0 atom stereocenters. The summed E-state index contributed by atoms with van der Waals surface area (Å²) in [6, 6.07) is 5.95. The maximum absolute atomic E-state index is 6.20. The van der Waals surface area contributed by atoms with Gasteiger partial charge in [-0.1, -0.05) is 19.1 Å². The van der Waals surface area contributed by atoms with Gasteiger partial charge in [0.25, 0.3) is 0 Å². The Balaban J connectivity index is 2.12. The molecule has 0 heterocycles. The molecule has 1 aromatic carbocycles. The van der Waals surface area contributed by atoms with Crippen LogP contribution in [0.3, 0.4) is 0 Å². The van der Waals surface area contributed by atoms with Crippen LogP contribution >= 0.6 is 0 Å². The zero-order valence-electron chi connectivity index (χ0n) is 12.0. The van der Waals surface area contributed by atoms with E-state index in [4.69, 9.17) is 15.2 Å². The second-order valence-corrected chi connectivity index (χ2v) is 5.38. The molecule has 0 aliphatic heterocycles. The Morgan fingerprint density at radius 1 is 1.21 bits per heavy atom. The summed E-state index contributed by atoms with van der Waals surface area (Å²) in [5, 5.41) is 0. The molecule has 2 rings (SSSR count). The van der Waals surface area contributed by atoms with Crippen molar-refractivity contribution >= 4 is 0 Å². The molecule has 0 unspecified atom stereocenters. The van der Waals surface area contributed by atoms with Gasteiger partial charge in [0.2, 0.25) is 0 Å². The molecule has 1 saturated carbocycles. The summed E-state index contributed by atoms with van der Waals surface area (Å²) >= 11 is 0. The van der Waals surface area contributed by atoms with E-state index < -0.39 is 0 Å². The molecule has 0 bridgehead atoms. The van der Waals surface area contributed by atoms with Crippen LogP contribution in [-0.4, -0.2) is 12.7 Å². The highest BCUT2D eigenvalue weighted by Gasteiger charge is 2.22. The van der Waals surface area contributed by atoms with Crippen molar-refractivity contribution in [3.63, 3.8) is 0 Å². The molecule has 0 aromatic heterocycles. The average Bonchev–Trinajstić information content (AvgIpc) is 2.43. The second-order valence-electron chi connectivity index (χ2n) is 5.38. The van der Waals surface area contributed by atoms with Gasteiger partial charge < -0.3 is 15.2 Å². The molecular formula is C16H25NO2. The van der Waals surface area contributed by atoms with E-state index in [1.807, 2.05) is 25.1 Å². The molecule has 106 valence electrons. The minimum absolute atomic E-state index is 0.308. The van der Waals surface area contributed by atoms with Crippen LogP contribution in [0.1, 0.15) is 45.1 Å². The van der Waals surface area contributed by atoms with Gasteiger partial charge in [-0.25, -0.2) is 0 Å². The van der Waals surface area contributed by atoms with E-state index in [1.54, 1.807) is 0 Å². The molecule has 1 aliphatic carbocycles. The predicted octanol–water partition coefficient (Wildman–Crippen LogP) is 3.50. The number of para-hydroxylation sites is 1. The minimum atomic E-state index is 0.308. The third-order valence-electron chi connectivity index (χ3n) is 3.83. The Bertz CT molecular complexity index is 398. The van der Waals surface area contributed by atoms with Crippen LogP contribution in [0.4, 0.5) is 0 Å². The fourth-order valence-electron chi connectivity index (χ4n) is 2.64. The van der Waals surface area contributed by atoms with Gasteiger partial charge in [0.1, 0.15) is 0 Å². The summed E-state index contributed by atoms with van der Waals surface area (Å²) in [6.45, 7) is 5.43. The van der Waals surface area contributed by atoms with Crippen molar-refractivity contribution < 1.29 is 9.47 Å². The largest absolute Gasteiger partial charge is 0.490 e. The van der Waals surface area contributed by atoms with Crippen molar-refractivity contribution in [3.05, 3.63) is 23.8 Å². The fraction of sp³-hybridized carbons (Fsp3) is 0.625. The highest BCUT2D eigenvalue weighted by Crippen LogP contribution is 2.35. The quantitative estimate of drug-likeness (QED) is 0.884. The van der Waals surface area contributed by atoms with Crippen LogP contribution in [0.15, 0.2) is 18.2 Å². The summed E-state index contributed by atoms with van der Waals surface area (Å²) in [7, 11) is 0. The van der Waals surface area contributed by atoms with E-state index >= 15 is 0 Å². The summed E-state index contributed by atoms with van der Waals surface area (Å²) in [4.78, 5) is 0. The van der Waals surface area contributed by atoms with Gasteiger partial charge in [0.05, 0.1) is 12.7 Å². The third kappa shape index (κ3) is 3.63. The zero-order chi connectivity index (χ0) is 13.7. The lowest BCUT2D eigenvalue weighted by Gasteiger charge is -2.28. The van der Waals surface area contributed by atoms with Gasteiger partial charge in [-0.05, 0) is 44.6 Å². The molecule has 0 spiro atoms. The standard InChI is InChI=1S/C16H25NO2/c1-3-18-15-6-4-5-13(11-17)16(15)19-14-9-7-12(2)8-10-14/h4-6,12,14H,3,7-11,17H2,1-2H3. The van der Waals surface area contributed by atoms with Crippen LogP contribution in [-0.2, 0) is 6.54 Å². The molecule has 2 N–H and O–H groups in total. The topological polar surface area (TPSA) is 44.5 Å². The van der Waals surface area contributed by atoms with Gasteiger partial charge in [-0.3, -0.25) is 0 Å². The number of hydrogen-bond donors (Lipinski definition) is 1. The van der Waals surface area contributed by atoms with Crippen molar-refractivity contribution in [2.75, 3.05) is 6.61 Å². The van der Waals surface area contributed by atoms with Crippen LogP contribution in [0.5, 0.6) is 11.5 Å². The third-order valence-corrected chi connectivity index (χ3v) is 3.83. The normalized spacial score (nSPS) is 23.1. The monoisotopic (exact) mass is 263 g/mol. The van der Waals surface area contributed by atoms with Gasteiger partial charge >= 0.3 is 0 Å². The first kappa shape index (κ1) is 14.2. The first-order chi connectivity index (χ1) is 9.24. The first-order valence-corrected chi connectivity index (χ1v) is 7.36. The Labute approximate surface area is 116 Å². The highest BCUT2D eigenvalue weighted by molar-refractivity contribution is 5.46. The molecule has 3 nitrogen and oxygen atoms in total. The Hall–Kier alpha value is -1.22. The van der Waals surface area contributed by atoms with Crippen LogP contribution in [0.25, 0.3) is 0 Å². The number of benzene rings is 1. The first-order valence-electron chi connectivity index (χ1n) is 7.36. The lowest BCUT2D eigenvalue weighted by Crippen LogP contribution is -2.24. The summed E-state index contributed by atoms with van der Waals surface area (Å²) in [5.41, 5.74) is 6.84. The molecule has 0 amide bonds. The van der Waals surface area contributed by atoms with E-state index in [-0.39, 0.29) is 0 Å². The molecule has 1 aromatic rings. The predicted molar refractivity (Wildman–Crippen MR) is 77.6 cm³/mol. The maximum atomic E-state index is 6.20. The van der Waals surface area contributed by atoms with Gasteiger partial charge in [-0.2, -0.15) is 0 Å². The Morgan fingerprint density at radius 2 is 1.95 bits per heavy atom. The van der Waals surface area contributed by atoms with E-state index in [9.17, 15) is 0 Å². The Kier molecular flexibility index (Phi) is 5.08. The van der Waals surface area contributed by atoms with E-state index in [1.165, 1.54) is 12.8 Å². The van der Waals surface area contributed by atoms with Crippen molar-refractivity contribution in [3.8, 4) is 11.5 Å². The zero-order valence-corrected chi connectivity index (χ0v) is 12.0. The smallest absolute Gasteiger partial charge is 0.166 e. The molecule has 0 radical (unpaired) electrons. The Morgan fingerprint density at radius 3 is 2.58 bits per heavy atom. The average molecular weight is 263 g/mol. The lowest BCUT2D eigenvalue weighted by atomic mass is 9.89. The van der Waals surface area contributed by atoms with Crippen LogP contribution < -0.4 is 15.2 Å². The highest BCUT2D eigenvalue weighted by atomic mass is 16.5. The van der Waals surface area contributed by atoms with Crippen molar-refractivity contribution in [2.45, 2.75) is 52.2 Å². The number of nitrogens with two attached hydrogens (primary N) is 1. The second kappa shape index (κ2) is 6.80. The summed E-state index contributed by atoms with van der Waals surface area (Å²) in [6.07, 6.45) is 5.07. The molecule has 1 aliphatic rings. The summed E-state index contributed by atoms with van der Waals surface area (Å²) < 4.78 is 11.9. The van der Waals surface area contributed by atoms with Gasteiger partial charge in [0, 0.05) is 12.1 Å². The molecule has 3 heteroatoms. The number of hydrogen-bond acceptors (Lipinski definition) is 3. The minimum Gasteiger partial charge on any atom is -0.490 e. The van der Waals surface area contributed by atoms with E-state index in [0.29, 0.717) is 19.3 Å². The van der Waals surface area contributed by atoms with E-state index in [0.717, 1.165) is 35.8 Å². The SMILES string of the molecule is CCOc1cccc(CN)c1OC1CCC(C)CC1. The number of ether oxygens (including phenoxy) is 2. The van der Waals surface area contributed by atoms with E-state index in [2.05, 4.69) is 6.92 Å². The molecule has 19 heavy (non-hydrogen) atoms. The molecular weight excluding hydrogens is 238 g/mol. The van der Waals surface area contributed by atoms with Crippen LogP contribution in [0.2, 0.25) is 0 Å². The number of rotatable bonds is 5. The van der Waals surface area contributed by atoms with Crippen LogP contribution in [0, 0.1) is 5.92 Å². The lowest BCUT2D eigenvalue weighted by molar-refractivity contribution is 0.128. The van der Waals surface area contributed by atoms with Crippen molar-refractivity contribution in [1.29, 1.82) is 0 Å². The van der Waals surface area contributed by atoms with Crippen molar-refractivity contribution in [2.24, 2.45) is 11.7 Å².